The highest BCUT2D eigenvalue weighted by Crippen LogP contribution is 2.20. The third-order valence-electron chi connectivity index (χ3n) is 2.85. The smallest absolute Gasteiger partial charge is 0.0777 e. The Morgan fingerprint density at radius 2 is 1.88 bits per heavy atom. The molecule has 0 spiro atoms. The van der Waals surface area contributed by atoms with E-state index in [4.69, 9.17) is 0 Å². The highest BCUT2D eigenvalue weighted by molar-refractivity contribution is 6.02. The van der Waals surface area contributed by atoms with Crippen LogP contribution in [0.2, 0.25) is 0 Å². The average molecular weight is 223 g/mol. The average Bonchev–Trinajstić information content (AvgIpc) is 2.90. The minimum Gasteiger partial charge on any atom is -0.263 e. The maximum Gasteiger partial charge on any atom is 0.0777 e. The number of hydrogen-bond acceptors (Lipinski definition) is 3. The van der Waals surface area contributed by atoms with E-state index in [1.165, 1.54) is 5.56 Å². The zero-order valence-corrected chi connectivity index (χ0v) is 9.45. The Morgan fingerprint density at radius 3 is 2.65 bits per heavy atom. The second-order valence-corrected chi connectivity index (χ2v) is 4.00. The summed E-state index contributed by atoms with van der Waals surface area (Å²) in [6.07, 6.45) is 4.61. The van der Waals surface area contributed by atoms with Gasteiger partial charge in [-0.3, -0.25) is 9.99 Å². The van der Waals surface area contributed by atoms with Crippen molar-refractivity contribution in [1.82, 2.24) is 4.98 Å². The summed E-state index contributed by atoms with van der Waals surface area (Å²) in [7, 11) is 0. The molecule has 3 nitrogen and oxygen atoms in total. The molecule has 0 bridgehead atoms. The van der Waals surface area contributed by atoms with Crippen molar-refractivity contribution in [1.29, 1.82) is 0 Å². The van der Waals surface area contributed by atoms with Crippen molar-refractivity contribution >= 4 is 11.4 Å². The van der Waals surface area contributed by atoms with Gasteiger partial charge in [-0.25, -0.2) is 0 Å². The van der Waals surface area contributed by atoms with Gasteiger partial charge in [-0.1, -0.05) is 30.3 Å². The molecule has 0 unspecified atom stereocenters. The fourth-order valence-electron chi connectivity index (χ4n) is 1.98. The Hall–Kier alpha value is -2.16. The van der Waals surface area contributed by atoms with E-state index in [9.17, 15) is 0 Å². The maximum absolute atomic E-state index is 4.64. The first kappa shape index (κ1) is 10.0. The zero-order chi connectivity index (χ0) is 11.5. The third kappa shape index (κ3) is 2.04. The number of pyridine rings is 1. The van der Waals surface area contributed by atoms with Crippen LogP contribution in [-0.4, -0.2) is 17.2 Å². The lowest BCUT2D eigenvalue weighted by atomic mass is 10.1. The molecule has 1 aliphatic rings. The molecule has 0 saturated carbocycles. The van der Waals surface area contributed by atoms with Crippen LogP contribution in [0.25, 0.3) is 0 Å². The topological polar surface area (TPSA) is 28.5 Å². The largest absolute Gasteiger partial charge is 0.263 e. The van der Waals surface area contributed by atoms with E-state index in [1.807, 2.05) is 41.5 Å². The number of nitrogens with zero attached hydrogens (tertiary/aromatic N) is 3. The molecule has 17 heavy (non-hydrogen) atoms. The van der Waals surface area contributed by atoms with E-state index in [-0.39, 0.29) is 0 Å². The van der Waals surface area contributed by atoms with Crippen LogP contribution >= 0.6 is 0 Å². The number of hydrogen-bond donors (Lipinski definition) is 0. The Balaban J connectivity index is 1.87. The number of benzene rings is 1. The SMILES string of the molecule is c1ccc(C2=NN(c3cccnc3)CC2)cc1. The van der Waals surface area contributed by atoms with E-state index in [0.717, 1.165) is 24.4 Å². The minimum absolute atomic E-state index is 0.927. The van der Waals surface area contributed by atoms with Crippen molar-refractivity contribution in [2.45, 2.75) is 6.42 Å². The molecule has 1 aromatic heterocycles. The molecule has 2 aromatic rings. The van der Waals surface area contributed by atoms with Gasteiger partial charge in [0.15, 0.2) is 0 Å². The van der Waals surface area contributed by atoms with Gasteiger partial charge in [0.1, 0.15) is 0 Å². The van der Waals surface area contributed by atoms with E-state index in [1.54, 1.807) is 6.20 Å². The molecular formula is C14H13N3. The van der Waals surface area contributed by atoms with Crippen LogP contribution in [0.3, 0.4) is 0 Å². The van der Waals surface area contributed by atoms with Crippen LogP contribution in [0, 0.1) is 0 Å². The van der Waals surface area contributed by atoms with Gasteiger partial charge in [0.05, 0.1) is 17.6 Å². The summed E-state index contributed by atoms with van der Waals surface area (Å²) in [6, 6.07) is 14.3. The number of anilines is 1. The molecule has 84 valence electrons. The molecule has 0 amide bonds. The molecule has 3 heteroatoms. The summed E-state index contributed by atoms with van der Waals surface area (Å²) < 4.78 is 0. The predicted molar refractivity (Wildman–Crippen MR) is 69.2 cm³/mol. The van der Waals surface area contributed by atoms with Crippen LogP contribution in [0.5, 0.6) is 0 Å². The summed E-state index contributed by atoms with van der Waals surface area (Å²) in [6.45, 7) is 0.927. The molecule has 0 N–H and O–H groups in total. The van der Waals surface area contributed by atoms with Crippen molar-refractivity contribution in [3.63, 3.8) is 0 Å². The van der Waals surface area contributed by atoms with E-state index >= 15 is 0 Å². The van der Waals surface area contributed by atoms with Crippen LogP contribution in [0.15, 0.2) is 60.0 Å². The highest BCUT2D eigenvalue weighted by Gasteiger charge is 2.16. The quantitative estimate of drug-likeness (QED) is 0.783. The maximum atomic E-state index is 4.64. The predicted octanol–water partition coefficient (Wildman–Crippen LogP) is 2.70. The normalized spacial score (nSPS) is 14.8. The van der Waals surface area contributed by atoms with Crippen molar-refractivity contribution in [2.75, 3.05) is 11.6 Å². The molecule has 0 aliphatic carbocycles. The first-order valence-electron chi connectivity index (χ1n) is 5.74. The van der Waals surface area contributed by atoms with Crippen molar-refractivity contribution in [3.05, 3.63) is 60.4 Å². The first-order valence-corrected chi connectivity index (χ1v) is 5.74. The molecule has 0 radical (unpaired) electrons. The third-order valence-corrected chi connectivity index (χ3v) is 2.85. The molecule has 0 saturated heterocycles. The van der Waals surface area contributed by atoms with Gasteiger partial charge in [0.25, 0.3) is 0 Å². The van der Waals surface area contributed by atoms with Gasteiger partial charge in [-0.05, 0) is 17.7 Å². The van der Waals surface area contributed by atoms with Crippen molar-refractivity contribution < 1.29 is 0 Å². The number of aromatic nitrogens is 1. The summed E-state index contributed by atoms with van der Waals surface area (Å²) in [5, 5.41) is 6.65. The van der Waals surface area contributed by atoms with Gasteiger partial charge in [0.2, 0.25) is 0 Å². The molecule has 1 aliphatic heterocycles. The second kappa shape index (κ2) is 4.37. The summed E-state index contributed by atoms with van der Waals surface area (Å²) in [5.41, 5.74) is 3.41. The fraction of sp³-hybridized carbons (Fsp3) is 0.143. The van der Waals surface area contributed by atoms with E-state index in [0.29, 0.717) is 0 Å². The van der Waals surface area contributed by atoms with Gasteiger partial charge < -0.3 is 0 Å². The van der Waals surface area contributed by atoms with Crippen molar-refractivity contribution in [3.8, 4) is 0 Å². The molecule has 2 heterocycles. The Bertz CT molecular complexity index is 520. The lowest BCUT2D eigenvalue weighted by Gasteiger charge is -2.11. The second-order valence-electron chi connectivity index (χ2n) is 4.00. The standard InChI is InChI=1S/C14H13N3/c1-2-5-12(6-3-1)14-8-10-17(16-14)13-7-4-9-15-11-13/h1-7,9,11H,8,10H2. The van der Waals surface area contributed by atoms with Crippen molar-refractivity contribution in [2.24, 2.45) is 5.10 Å². The summed E-state index contributed by atoms with van der Waals surface area (Å²) in [4.78, 5) is 4.12. The van der Waals surface area contributed by atoms with E-state index in [2.05, 4.69) is 22.2 Å². The monoisotopic (exact) mass is 223 g/mol. The highest BCUT2D eigenvalue weighted by atomic mass is 15.5. The summed E-state index contributed by atoms with van der Waals surface area (Å²) >= 11 is 0. The zero-order valence-electron chi connectivity index (χ0n) is 9.45. The number of rotatable bonds is 2. The molecule has 1 aromatic carbocycles. The van der Waals surface area contributed by atoms with Crippen LogP contribution in [0.4, 0.5) is 5.69 Å². The van der Waals surface area contributed by atoms with Gasteiger partial charge in [-0.2, -0.15) is 5.10 Å². The lowest BCUT2D eigenvalue weighted by molar-refractivity contribution is 0.917. The molecule has 3 rings (SSSR count). The van der Waals surface area contributed by atoms with Gasteiger partial charge >= 0.3 is 0 Å². The van der Waals surface area contributed by atoms with E-state index < -0.39 is 0 Å². The van der Waals surface area contributed by atoms with Crippen LogP contribution in [0.1, 0.15) is 12.0 Å². The van der Waals surface area contributed by atoms with Crippen LogP contribution in [-0.2, 0) is 0 Å². The first-order chi connectivity index (χ1) is 8.43. The van der Waals surface area contributed by atoms with Gasteiger partial charge in [0, 0.05) is 19.2 Å². The minimum atomic E-state index is 0.927. The van der Waals surface area contributed by atoms with Gasteiger partial charge in [-0.15, -0.1) is 0 Å². The van der Waals surface area contributed by atoms with Crippen LogP contribution < -0.4 is 5.01 Å². The molecule has 0 atom stereocenters. The molecular weight excluding hydrogens is 210 g/mol. The Labute approximate surface area is 100 Å². The Morgan fingerprint density at radius 1 is 1.00 bits per heavy atom. The Kier molecular flexibility index (Phi) is 2.58. The summed E-state index contributed by atoms with van der Waals surface area (Å²) in [5.74, 6) is 0. The number of hydrazone groups is 1. The fourth-order valence-corrected chi connectivity index (χ4v) is 1.98. The lowest BCUT2D eigenvalue weighted by Crippen LogP contribution is -2.11. The molecule has 0 fully saturated rings.